The Labute approximate surface area is 121 Å². The number of nitriles is 1. The molecule has 0 radical (unpaired) electrons. The van der Waals surface area contributed by atoms with Crippen molar-refractivity contribution in [2.75, 3.05) is 5.32 Å². The SMILES string of the molecule is N#Cc1ccc(Br)cc1Nc1ccc(F)c(Br)c1. The van der Waals surface area contributed by atoms with Crippen LogP contribution in [0.4, 0.5) is 15.8 Å². The molecule has 5 heteroatoms. The maximum absolute atomic E-state index is 13.1. The topological polar surface area (TPSA) is 35.8 Å². The summed E-state index contributed by atoms with van der Waals surface area (Å²) in [6.45, 7) is 0. The summed E-state index contributed by atoms with van der Waals surface area (Å²) < 4.78 is 14.4. The van der Waals surface area contributed by atoms with E-state index in [1.54, 1.807) is 30.3 Å². The van der Waals surface area contributed by atoms with Crippen molar-refractivity contribution in [1.82, 2.24) is 0 Å². The molecular formula is C13H7Br2FN2. The third kappa shape index (κ3) is 2.89. The van der Waals surface area contributed by atoms with Crippen LogP contribution in [0.25, 0.3) is 0 Å². The molecule has 0 aliphatic rings. The van der Waals surface area contributed by atoms with E-state index in [4.69, 9.17) is 5.26 Å². The number of nitrogens with zero attached hydrogens (tertiary/aromatic N) is 1. The van der Waals surface area contributed by atoms with Gasteiger partial charge in [0.05, 0.1) is 15.7 Å². The average molecular weight is 370 g/mol. The number of rotatable bonds is 2. The van der Waals surface area contributed by atoms with Crippen LogP contribution in [0.2, 0.25) is 0 Å². The molecule has 0 spiro atoms. The highest BCUT2D eigenvalue weighted by Gasteiger charge is 2.05. The highest BCUT2D eigenvalue weighted by Crippen LogP contribution is 2.27. The lowest BCUT2D eigenvalue weighted by molar-refractivity contribution is 0.621. The predicted molar refractivity (Wildman–Crippen MR) is 76.2 cm³/mol. The van der Waals surface area contributed by atoms with Crippen molar-refractivity contribution in [3.05, 3.63) is 56.7 Å². The maximum Gasteiger partial charge on any atom is 0.137 e. The number of anilines is 2. The van der Waals surface area contributed by atoms with Crippen LogP contribution >= 0.6 is 31.9 Å². The second kappa shape index (κ2) is 5.51. The zero-order valence-corrected chi connectivity index (χ0v) is 12.2. The van der Waals surface area contributed by atoms with Gasteiger partial charge in [-0.25, -0.2) is 4.39 Å². The van der Waals surface area contributed by atoms with Crippen LogP contribution in [0.15, 0.2) is 45.3 Å². The molecule has 0 saturated carbocycles. The van der Waals surface area contributed by atoms with Crippen LogP contribution in [-0.4, -0.2) is 0 Å². The van der Waals surface area contributed by atoms with E-state index in [2.05, 4.69) is 43.2 Å². The summed E-state index contributed by atoms with van der Waals surface area (Å²) in [5.74, 6) is -0.324. The van der Waals surface area contributed by atoms with Gasteiger partial charge in [0.25, 0.3) is 0 Å². The second-order valence-electron chi connectivity index (χ2n) is 3.56. The Hall–Kier alpha value is -1.38. The molecule has 0 unspecified atom stereocenters. The van der Waals surface area contributed by atoms with E-state index in [0.717, 1.165) is 4.47 Å². The van der Waals surface area contributed by atoms with Gasteiger partial charge in [0.2, 0.25) is 0 Å². The minimum atomic E-state index is -0.324. The van der Waals surface area contributed by atoms with Crippen molar-refractivity contribution >= 4 is 43.2 Å². The van der Waals surface area contributed by atoms with E-state index in [0.29, 0.717) is 21.4 Å². The Bertz CT molecular complexity index is 635. The highest BCUT2D eigenvalue weighted by molar-refractivity contribution is 9.10. The molecule has 0 heterocycles. The third-order valence-corrected chi connectivity index (χ3v) is 3.40. The molecule has 18 heavy (non-hydrogen) atoms. The molecule has 0 bridgehead atoms. The van der Waals surface area contributed by atoms with Gasteiger partial charge >= 0.3 is 0 Å². The summed E-state index contributed by atoms with van der Waals surface area (Å²) in [7, 11) is 0. The van der Waals surface area contributed by atoms with E-state index < -0.39 is 0 Å². The monoisotopic (exact) mass is 368 g/mol. The van der Waals surface area contributed by atoms with E-state index in [1.807, 2.05) is 0 Å². The first kappa shape index (κ1) is 13.1. The van der Waals surface area contributed by atoms with Crippen LogP contribution in [0.5, 0.6) is 0 Å². The largest absolute Gasteiger partial charge is 0.354 e. The number of hydrogen-bond acceptors (Lipinski definition) is 2. The van der Waals surface area contributed by atoms with Crippen molar-refractivity contribution < 1.29 is 4.39 Å². The molecule has 0 fully saturated rings. The number of benzene rings is 2. The fourth-order valence-corrected chi connectivity index (χ4v) is 2.19. The summed E-state index contributed by atoms with van der Waals surface area (Å²) in [6.07, 6.45) is 0. The Balaban J connectivity index is 2.36. The van der Waals surface area contributed by atoms with Crippen molar-refractivity contribution in [2.45, 2.75) is 0 Å². The normalized spacial score (nSPS) is 9.89. The van der Waals surface area contributed by atoms with E-state index in [-0.39, 0.29) is 5.82 Å². The summed E-state index contributed by atoms with van der Waals surface area (Å²) in [4.78, 5) is 0. The van der Waals surface area contributed by atoms with Gasteiger partial charge in [-0.05, 0) is 52.3 Å². The Morgan fingerprint density at radius 3 is 2.56 bits per heavy atom. The number of hydrogen-bond donors (Lipinski definition) is 1. The summed E-state index contributed by atoms with van der Waals surface area (Å²) in [5.41, 5.74) is 1.90. The van der Waals surface area contributed by atoms with Gasteiger partial charge in [-0.1, -0.05) is 15.9 Å². The molecule has 90 valence electrons. The quantitative estimate of drug-likeness (QED) is 0.811. The molecule has 0 atom stereocenters. The molecule has 0 aliphatic carbocycles. The van der Waals surface area contributed by atoms with Gasteiger partial charge < -0.3 is 5.32 Å². The molecule has 0 amide bonds. The number of halogens is 3. The Morgan fingerprint density at radius 1 is 1.11 bits per heavy atom. The first-order chi connectivity index (χ1) is 8.60. The van der Waals surface area contributed by atoms with Crippen molar-refractivity contribution in [2.24, 2.45) is 0 Å². The van der Waals surface area contributed by atoms with Gasteiger partial charge in [-0.15, -0.1) is 0 Å². The van der Waals surface area contributed by atoms with Crippen molar-refractivity contribution in [3.8, 4) is 6.07 Å². The van der Waals surface area contributed by atoms with Crippen LogP contribution < -0.4 is 5.32 Å². The van der Waals surface area contributed by atoms with E-state index in [9.17, 15) is 4.39 Å². The first-order valence-electron chi connectivity index (χ1n) is 5.02. The summed E-state index contributed by atoms with van der Waals surface area (Å²) in [6, 6.07) is 12.0. The van der Waals surface area contributed by atoms with Gasteiger partial charge in [0.15, 0.2) is 0 Å². The minimum absolute atomic E-state index is 0.324. The molecule has 2 rings (SSSR count). The number of nitrogens with one attached hydrogen (secondary N) is 1. The van der Waals surface area contributed by atoms with E-state index >= 15 is 0 Å². The molecule has 0 aliphatic heterocycles. The zero-order chi connectivity index (χ0) is 13.1. The van der Waals surface area contributed by atoms with Crippen molar-refractivity contribution in [3.63, 3.8) is 0 Å². The van der Waals surface area contributed by atoms with Gasteiger partial charge in [-0.2, -0.15) is 5.26 Å². The van der Waals surface area contributed by atoms with Crippen LogP contribution in [-0.2, 0) is 0 Å². The molecule has 0 aromatic heterocycles. The maximum atomic E-state index is 13.1. The van der Waals surface area contributed by atoms with Gasteiger partial charge in [0.1, 0.15) is 11.9 Å². The molecular weight excluding hydrogens is 363 g/mol. The molecule has 2 aromatic rings. The molecule has 2 aromatic carbocycles. The minimum Gasteiger partial charge on any atom is -0.354 e. The van der Waals surface area contributed by atoms with Crippen molar-refractivity contribution in [1.29, 1.82) is 5.26 Å². The summed E-state index contributed by atoms with van der Waals surface area (Å²) in [5, 5.41) is 12.1. The van der Waals surface area contributed by atoms with Gasteiger partial charge in [0, 0.05) is 10.2 Å². The van der Waals surface area contributed by atoms with E-state index in [1.165, 1.54) is 6.07 Å². The summed E-state index contributed by atoms with van der Waals surface area (Å²) >= 11 is 6.47. The molecule has 1 N–H and O–H groups in total. The highest BCUT2D eigenvalue weighted by atomic mass is 79.9. The van der Waals surface area contributed by atoms with Crippen LogP contribution in [0.3, 0.4) is 0 Å². The standard InChI is InChI=1S/C13H7Br2FN2/c14-9-2-1-8(7-17)13(5-9)18-10-3-4-12(16)11(15)6-10/h1-6,18H. The zero-order valence-electron chi connectivity index (χ0n) is 9.05. The van der Waals surface area contributed by atoms with Crippen LogP contribution in [0, 0.1) is 17.1 Å². The first-order valence-corrected chi connectivity index (χ1v) is 6.60. The Morgan fingerprint density at radius 2 is 1.89 bits per heavy atom. The van der Waals surface area contributed by atoms with Gasteiger partial charge in [-0.3, -0.25) is 0 Å². The fourth-order valence-electron chi connectivity index (χ4n) is 1.45. The Kier molecular flexibility index (Phi) is 4.00. The molecule has 0 saturated heterocycles. The lowest BCUT2D eigenvalue weighted by atomic mass is 10.2. The predicted octanol–water partition coefficient (Wildman–Crippen LogP) is 4.97. The lowest BCUT2D eigenvalue weighted by Gasteiger charge is -2.09. The average Bonchev–Trinajstić information content (AvgIpc) is 2.34. The van der Waals surface area contributed by atoms with Crippen LogP contribution in [0.1, 0.15) is 5.56 Å². The fraction of sp³-hybridized carbons (Fsp3) is 0. The second-order valence-corrected chi connectivity index (χ2v) is 5.33. The lowest BCUT2D eigenvalue weighted by Crippen LogP contribution is -1.94. The molecule has 2 nitrogen and oxygen atoms in total. The smallest absolute Gasteiger partial charge is 0.137 e. The third-order valence-electron chi connectivity index (χ3n) is 2.30.